The van der Waals surface area contributed by atoms with E-state index in [2.05, 4.69) is 6.58 Å². The van der Waals surface area contributed by atoms with Gasteiger partial charge in [-0.2, -0.15) is 0 Å². The number of amides is 2. The van der Waals surface area contributed by atoms with Crippen LogP contribution in [0.3, 0.4) is 0 Å². The summed E-state index contributed by atoms with van der Waals surface area (Å²) in [7, 11) is 0. The average Bonchev–Trinajstić information content (AvgIpc) is 3.26. The van der Waals surface area contributed by atoms with E-state index in [0.717, 1.165) is 5.56 Å². The van der Waals surface area contributed by atoms with Gasteiger partial charge in [0.15, 0.2) is 0 Å². The molecule has 172 valence electrons. The molecule has 1 aromatic rings. The van der Waals surface area contributed by atoms with Gasteiger partial charge >= 0.3 is 5.97 Å². The van der Waals surface area contributed by atoms with E-state index in [0.29, 0.717) is 13.0 Å². The molecule has 3 fully saturated rings. The number of carboxylic acid groups (broad SMARTS) is 1. The molecule has 3 heterocycles. The quantitative estimate of drug-likeness (QED) is 0.588. The smallest absolute Gasteiger partial charge is 0.310 e. The van der Waals surface area contributed by atoms with Gasteiger partial charge in [0.2, 0.25) is 11.8 Å². The number of β-amino-alcohol motifs (C(OH)–C–C–N with tert-alkyl or cyclic N) is 1. The van der Waals surface area contributed by atoms with E-state index in [-0.39, 0.29) is 31.5 Å². The fraction of sp³-hybridized carbons (Fsp3) is 0.542. The van der Waals surface area contributed by atoms with Crippen LogP contribution in [0.2, 0.25) is 0 Å². The molecule has 0 aromatic heterocycles. The minimum absolute atomic E-state index is 0.0540. The molecule has 1 spiro atoms. The van der Waals surface area contributed by atoms with Gasteiger partial charge in [-0.1, -0.05) is 43.3 Å². The highest BCUT2D eigenvalue weighted by Crippen LogP contribution is 2.65. The lowest BCUT2D eigenvalue weighted by atomic mass is 9.62. The van der Waals surface area contributed by atoms with Gasteiger partial charge in [-0.3, -0.25) is 14.4 Å². The second kappa shape index (κ2) is 8.01. The summed E-state index contributed by atoms with van der Waals surface area (Å²) in [5.74, 6) is -3.98. The summed E-state index contributed by atoms with van der Waals surface area (Å²) >= 11 is 0. The second-order valence-electron chi connectivity index (χ2n) is 9.29. The molecule has 0 aliphatic carbocycles. The van der Waals surface area contributed by atoms with Crippen molar-refractivity contribution < 1.29 is 29.3 Å². The van der Waals surface area contributed by atoms with E-state index in [9.17, 15) is 24.6 Å². The highest BCUT2D eigenvalue weighted by Gasteiger charge is 2.80. The second-order valence-corrected chi connectivity index (χ2v) is 9.29. The maximum atomic E-state index is 14.0. The lowest BCUT2D eigenvalue weighted by Gasteiger charge is -2.37. The Balaban J connectivity index is 1.76. The molecule has 3 saturated heterocycles. The minimum atomic E-state index is -1.23. The predicted molar refractivity (Wildman–Crippen MR) is 115 cm³/mol. The Hall–Kier alpha value is -2.71. The van der Waals surface area contributed by atoms with Crippen LogP contribution in [0.15, 0.2) is 43.0 Å². The minimum Gasteiger partial charge on any atom is -0.481 e. The maximum absolute atomic E-state index is 14.0. The molecular weight excluding hydrogens is 412 g/mol. The number of ether oxygens (including phenoxy) is 1. The van der Waals surface area contributed by atoms with Crippen LogP contribution in [-0.4, -0.2) is 74.7 Å². The zero-order valence-electron chi connectivity index (χ0n) is 18.4. The molecule has 2 N–H and O–H groups in total. The first-order valence-electron chi connectivity index (χ1n) is 11.0. The molecule has 2 bridgehead atoms. The number of rotatable bonds is 8. The Kier molecular flexibility index (Phi) is 5.63. The van der Waals surface area contributed by atoms with Crippen LogP contribution in [0, 0.1) is 17.8 Å². The number of aliphatic hydroxyl groups excluding tert-OH is 1. The van der Waals surface area contributed by atoms with Crippen molar-refractivity contribution in [3.8, 4) is 0 Å². The number of likely N-dealkylation sites (tertiary alicyclic amines) is 1. The average molecular weight is 443 g/mol. The molecule has 6 atom stereocenters. The third-order valence-corrected chi connectivity index (χ3v) is 7.53. The summed E-state index contributed by atoms with van der Waals surface area (Å²) in [5, 5.41) is 19.6. The van der Waals surface area contributed by atoms with Gasteiger partial charge < -0.3 is 24.7 Å². The van der Waals surface area contributed by atoms with Gasteiger partial charge in [-0.25, -0.2) is 0 Å². The van der Waals surface area contributed by atoms with Crippen LogP contribution in [-0.2, 0) is 25.7 Å². The topological polar surface area (TPSA) is 107 Å². The van der Waals surface area contributed by atoms with Gasteiger partial charge in [0.1, 0.15) is 17.6 Å². The number of nitrogens with zero attached hydrogens (tertiary/aromatic N) is 2. The maximum Gasteiger partial charge on any atom is 0.310 e. The van der Waals surface area contributed by atoms with Crippen molar-refractivity contribution in [2.75, 3.05) is 19.7 Å². The third-order valence-electron chi connectivity index (χ3n) is 7.53. The highest BCUT2D eigenvalue weighted by atomic mass is 16.5. The molecule has 3 aliphatic rings. The molecule has 8 heteroatoms. The van der Waals surface area contributed by atoms with E-state index in [4.69, 9.17) is 4.74 Å². The van der Waals surface area contributed by atoms with Crippen LogP contribution in [0.25, 0.3) is 0 Å². The Morgan fingerprint density at radius 2 is 2.03 bits per heavy atom. The van der Waals surface area contributed by atoms with E-state index in [1.165, 1.54) is 4.90 Å². The highest BCUT2D eigenvalue weighted by molar-refractivity contribution is 5.98. The van der Waals surface area contributed by atoms with Gasteiger partial charge in [-0.05, 0) is 24.8 Å². The molecule has 1 aromatic carbocycles. The van der Waals surface area contributed by atoms with Crippen molar-refractivity contribution in [2.24, 2.45) is 17.8 Å². The van der Waals surface area contributed by atoms with Crippen LogP contribution in [0.5, 0.6) is 0 Å². The monoisotopic (exact) mass is 442 g/mol. The largest absolute Gasteiger partial charge is 0.481 e. The molecule has 3 unspecified atom stereocenters. The molecular formula is C24H30N2O6. The Morgan fingerprint density at radius 3 is 2.62 bits per heavy atom. The SMILES string of the molecule is C=CCN(Cc1ccccc1)C(=O)C1N(CCO)C(=O)[C@@H]2[C@H](C(=O)O)[C@@]3(C)OC12CC3C. The summed E-state index contributed by atoms with van der Waals surface area (Å²) < 4.78 is 6.42. The standard InChI is InChI=1S/C24H30N2O6/c1-4-10-25(14-16-8-6-5-7-9-16)21(29)19-24-13-15(2)23(3,32-24)18(22(30)31)17(24)20(28)26(19)11-12-27/h4-9,15,17-19,27H,1,10-14H2,2-3H3,(H,30,31)/t15?,17-,18+,19?,23-,24?/m0/s1. The Morgan fingerprint density at radius 1 is 1.34 bits per heavy atom. The summed E-state index contributed by atoms with van der Waals surface area (Å²) in [6, 6.07) is 8.50. The number of carboxylic acids is 1. The fourth-order valence-corrected chi connectivity index (χ4v) is 6.11. The van der Waals surface area contributed by atoms with Gasteiger partial charge in [0, 0.05) is 19.6 Å². The Bertz CT molecular complexity index is 936. The van der Waals surface area contributed by atoms with Crippen molar-refractivity contribution in [3.63, 3.8) is 0 Å². The molecule has 2 amide bonds. The van der Waals surface area contributed by atoms with Crippen molar-refractivity contribution in [1.29, 1.82) is 0 Å². The summed E-state index contributed by atoms with van der Waals surface area (Å²) in [6.07, 6.45) is 2.04. The number of hydrogen-bond donors (Lipinski definition) is 2. The summed E-state index contributed by atoms with van der Waals surface area (Å²) in [5.41, 5.74) is -1.33. The van der Waals surface area contributed by atoms with Gasteiger partial charge in [0.05, 0.1) is 18.1 Å². The normalized spacial score (nSPS) is 35.1. The van der Waals surface area contributed by atoms with Crippen LogP contribution >= 0.6 is 0 Å². The number of aliphatic carboxylic acids is 1. The molecule has 32 heavy (non-hydrogen) atoms. The fourth-order valence-electron chi connectivity index (χ4n) is 6.11. The first-order chi connectivity index (χ1) is 15.2. The Labute approximate surface area is 187 Å². The number of benzene rings is 1. The molecule has 0 radical (unpaired) electrons. The van der Waals surface area contributed by atoms with Gasteiger partial charge in [0.25, 0.3) is 0 Å². The molecule has 4 rings (SSSR count). The summed E-state index contributed by atoms with van der Waals surface area (Å²) in [6.45, 7) is 7.61. The predicted octanol–water partition coefficient (Wildman–Crippen LogP) is 1.29. The number of fused-ring (bicyclic) bond motifs is 1. The number of hydrogen-bond acceptors (Lipinski definition) is 5. The first kappa shape index (κ1) is 22.5. The van der Waals surface area contributed by atoms with E-state index < -0.39 is 41.0 Å². The summed E-state index contributed by atoms with van der Waals surface area (Å²) in [4.78, 5) is 42.6. The van der Waals surface area contributed by atoms with E-state index >= 15 is 0 Å². The van der Waals surface area contributed by atoms with Crippen LogP contribution < -0.4 is 0 Å². The number of carbonyl (C=O) groups is 3. The van der Waals surface area contributed by atoms with Crippen LogP contribution in [0.4, 0.5) is 0 Å². The molecule has 8 nitrogen and oxygen atoms in total. The number of aliphatic hydroxyl groups is 1. The lowest BCUT2D eigenvalue weighted by molar-refractivity contribution is -0.158. The zero-order chi connectivity index (χ0) is 23.3. The number of carbonyl (C=O) groups excluding carboxylic acids is 2. The lowest BCUT2D eigenvalue weighted by Crippen LogP contribution is -2.56. The van der Waals surface area contributed by atoms with Crippen molar-refractivity contribution in [1.82, 2.24) is 9.80 Å². The van der Waals surface area contributed by atoms with E-state index in [1.807, 2.05) is 37.3 Å². The molecule has 0 saturated carbocycles. The van der Waals surface area contributed by atoms with E-state index in [1.54, 1.807) is 17.9 Å². The van der Waals surface area contributed by atoms with Crippen molar-refractivity contribution in [2.45, 2.75) is 44.1 Å². The van der Waals surface area contributed by atoms with Crippen molar-refractivity contribution >= 4 is 17.8 Å². The molecule has 3 aliphatic heterocycles. The van der Waals surface area contributed by atoms with Gasteiger partial charge in [-0.15, -0.1) is 6.58 Å². The van der Waals surface area contributed by atoms with Crippen LogP contribution in [0.1, 0.15) is 25.8 Å². The first-order valence-corrected chi connectivity index (χ1v) is 11.0. The zero-order valence-corrected chi connectivity index (χ0v) is 18.4. The third kappa shape index (κ3) is 3.08. The van der Waals surface area contributed by atoms with Crippen molar-refractivity contribution in [3.05, 3.63) is 48.6 Å².